The maximum absolute atomic E-state index is 12.6. The van der Waals surface area contributed by atoms with Gasteiger partial charge in [0.15, 0.2) is 0 Å². The monoisotopic (exact) mass is 334 g/mol. The van der Waals surface area contributed by atoms with Crippen LogP contribution < -0.4 is 5.32 Å². The average molecular weight is 334 g/mol. The zero-order chi connectivity index (χ0) is 17.4. The summed E-state index contributed by atoms with van der Waals surface area (Å²) >= 11 is 0. The van der Waals surface area contributed by atoms with Crippen molar-refractivity contribution in [2.75, 3.05) is 32.9 Å². The molecule has 0 bridgehead atoms. The summed E-state index contributed by atoms with van der Waals surface area (Å²) in [6.07, 6.45) is 1.59. The van der Waals surface area contributed by atoms with E-state index in [4.69, 9.17) is 4.74 Å². The number of nitrogens with zero attached hydrogens (tertiary/aromatic N) is 1. The molecule has 0 aliphatic carbocycles. The van der Waals surface area contributed by atoms with Crippen LogP contribution in [0.15, 0.2) is 30.3 Å². The molecule has 1 saturated heterocycles. The molecule has 0 radical (unpaired) electrons. The number of aliphatic hydroxyl groups excluding tert-OH is 1. The summed E-state index contributed by atoms with van der Waals surface area (Å²) < 4.78 is 5.54. The van der Waals surface area contributed by atoms with Gasteiger partial charge >= 0.3 is 6.03 Å². The molecule has 1 aromatic carbocycles. The maximum atomic E-state index is 12.6. The molecular formula is C19H30N2O3. The Labute approximate surface area is 145 Å². The topological polar surface area (TPSA) is 61.8 Å². The normalized spacial score (nSPS) is 19.3. The third-order valence-corrected chi connectivity index (χ3v) is 4.48. The SMILES string of the molecule is CC(C)CC1COCCN1C(=O)NCC(CCO)c1ccccc1. The molecule has 0 saturated carbocycles. The summed E-state index contributed by atoms with van der Waals surface area (Å²) in [5, 5.41) is 12.4. The third kappa shape index (κ3) is 5.49. The Bertz CT molecular complexity index is 493. The molecule has 24 heavy (non-hydrogen) atoms. The highest BCUT2D eigenvalue weighted by Crippen LogP contribution is 2.19. The highest BCUT2D eigenvalue weighted by Gasteiger charge is 2.28. The second kappa shape index (κ2) is 9.64. The predicted molar refractivity (Wildman–Crippen MR) is 95.1 cm³/mol. The molecule has 2 unspecified atom stereocenters. The Morgan fingerprint density at radius 3 is 2.79 bits per heavy atom. The van der Waals surface area contributed by atoms with E-state index < -0.39 is 0 Å². The van der Waals surface area contributed by atoms with Gasteiger partial charge in [0.1, 0.15) is 0 Å². The van der Waals surface area contributed by atoms with Crippen LogP contribution in [0.1, 0.15) is 38.2 Å². The number of amides is 2. The van der Waals surface area contributed by atoms with Crippen LogP contribution in [0.25, 0.3) is 0 Å². The van der Waals surface area contributed by atoms with E-state index in [0.717, 1.165) is 12.0 Å². The standard InChI is InChI=1S/C19H30N2O3/c1-15(2)12-18-14-24-11-9-21(18)19(23)20-13-17(8-10-22)16-6-4-3-5-7-16/h3-7,15,17-18,22H,8-14H2,1-2H3,(H,20,23). The van der Waals surface area contributed by atoms with E-state index in [1.54, 1.807) is 0 Å². The van der Waals surface area contributed by atoms with Crippen molar-refractivity contribution >= 4 is 6.03 Å². The number of ether oxygens (including phenoxy) is 1. The lowest BCUT2D eigenvalue weighted by Crippen LogP contribution is -2.53. The summed E-state index contributed by atoms with van der Waals surface area (Å²) in [5.74, 6) is 0.656. The van der Waals surface area contributed by atoms with Crippen LogP contribution >= 0.6 is 0 Å². The molecule has 5 nitrogen and oxygen atoms in total. The fraction of sp³-hybridized carbons (Fsp3) is 0.632. The first-order valence-corrected chi connectivity index (χ1v) is 8.89. The first-order valence-electron chi connectivity index (χ1n) is 8.89. The number of aliphatic hydroxyl groups is 1. The molecular weight excluding hydrogens is 304 g/mol. The van der Waals surface area contributed by atoms with Crippen molar-refractivity contribution in [1.29, 1.82) is 0 Å². The Morgan fingerprint density at radius 1 is 1.38 bits per heavy atom. The lowest BCUT2D eigenvalue weighted by molar-refractivity contribution is 0.00551. The van der Waals surface area contributed by atoms with Crippen LogP contribution in [0.5, 0.6) is 0 Å². The minimum atomic E-state index is -0.0252. The number of carbonyl (C=O) groups excluding carboxylic acids is 1. The van der Waals surface area contributed by atoms with Gasteiger partial charge in [0.2, 0.25) is 0 Å². The minimum Gasteiger partial charge on any atom is -0.396 e. The van der Waals surface area contributed by atoms with E-state index in [1.807, 2.05) is 35.2 Å². The first kappa shape index (κ1) is 18.7. The van der Waals surface area contributed by atoms with Crippen LogP contribution in [0.4, 0.5) is 4.79 Å². The maximum Gasteiger partial charge on any atom is 0.317 e. The quantitative estimate of drug-likeness (QED) is 0.806. The molecule has 1 aromatic rings. The molecule has 1 aliphatic rings. The summed E-state index contributed by atoms with van der Waals surface area (Å²) in [5.41, 5.74) is 1.15. The van der Waals surface area contributed by atoms with Gasteiger partial charge in [-0.05, 0) is 24.3 Å². The van der Waals surface area contributed by atoms with E-state index in [1.165, 1.54) is 0 Å². The Morgan fingerprint density at radius 2 is 2.12 bits per heavy atom. The van der Waals surface area contributed by atoms with E-state index in [2.05, 4.69) is 19.2 Å². The van der Waals surface area contributed by atoms with Gasteiger partial charge in [0.05, 0.1) is 19.3 Å². The molecule has 2 atom stereocenters. The van der Waals surface area contributed by atoms with Gasteiger partial charge in [-0.25, -0.2) is 4.79 Å². The van der Waals surface area contributed by atoms with Crippen molar-refractivity contribution in [2.45, 2.75) is 38.6 Å². The molecule has 1 aliphatic heterocycles. The van der Waals surface area contributed by atoms with Crippen molar-refractivity contribution in [1.82, 2.24) is 10.2 Å². The van der Waals surface area contributed by atoms with Crippen LogP contribution in [-0.4, -0.2) is 55.0 Å². The van der Waals surface area contributed by atoms with Crippen molar-refractivity contribution in [2.24, 2.45) is 5.92 Å². The van der Waals surface area contributed by atoms with Crippen molar-refractivity contribution in [3.8, 4) is 0 Å². The summed E-state index contributed by atoms with van der Waals surface area (Å²) in [6, 6.07) is 10.2. The summed E-state index contributed by atoms with van der Waals surface area (Å²) in [7, 11) is 0. The lowest BCUT2D eigenvalue weighted by Gasteiger charge is -2.36. The molecule has 1 fully saturated rings. The second-order valence-electron chi connectivity index (χ2n) is 6.86. The molecule has 1 heterocycles. The number of hydrogen-bond donors (Lipinski definition) is 2. The van der Waals surface area contributed by atoms with Crippen molar-refractivity contribution in [3.63, 3.8) is 0 Å². The van der Waals surface area contributed by atoms with Crippen LogP contribution in [0, 0.1) is 5.92 Å². The van der Waals surface area contributed by atoms with Crippen LogP contribution in [0.2, 0.25) is 0 Å². The van der Waals surface area contributed by atoms with Crippen molar-refractivity contribution < 1.29 is 14.6 Å². The molecule has 0 aromatic heterocycles. The van der Waals surface area contributed by atoms with Crippen LogP contribution in [-0.2, 0) is 4.74 Å². The highest BCUT2D eigenvalue weighted by atomic mass is 16.5. The average Bonchev–Trinajstić information content (AvgIpc) is 2.59. The zero-order valence-electron chi connectivity index (χ0n) is 14.8. The number of carbonyl (C=O) groups is 1. The summed E-state index contributed by atoms with van der Waals surface area (Å²) in [6.45, 7) is 6.83. The van der Waals surface area contributed by atoms with E-state index in [9.17, 15) is 9.90 Å². The van der Waals surface area contributed by atoms with Gasteiger partial charge < -0.3 is 20.1 Å². The van der Waals surface area contributed by atoms with Gasteiger partial charge in [0, 0.05) is 25.6 Å². The molecule has 2 amide bonds. The minimum absolute atomic E-state index is 0.0252. The van der Waals surface area contributed by atoms with Gasteiger partial charge in [-0.1, -0.05) is 44.2 Å². The number of urea groups is 1. The fourth-order valence-corrected chi connectivity index (χ4v) is 3.24. The van der Waals surface area contributed by atoms with Gasteiger partial charge in [0.25, 0.3) is 0 Å². The van der Waals surface area contributed by atoms with Crippen LogP contribution in [0.3, 0.4) is 0 Å². The molecule has 5 heteroatoms. The molecule has 134 valence electrons. The number of rotatable bonds is 7. The zero-order valence-corrected chi connectivity index (χ0v) is 14.8. The number of morpholine rings is 1. The van der Waals surface area contributed by atoms with Gasteiger partial charge in [-0.3, -0.25) is 0 Å². The third-order valence-electron chi connectivity index (χ3n) is 4.48. The first-order chi connectivity index (χ1) is 11.6. The predicted octanol–water partition coefficient (Wildman–Crippen LogP) is 2.61. The number of benzene rings is 1. The number of hydrogen-bond acceptors (Lipinski definition) is 3. The molecule has 0 spiro atoms. The largest absolute Gasteiger partial charge is 0.396 e. The van der Waals surface area contributed by atoms with E-state index in [0.29, 0.717) is 38.6 Å². The molecule has 2 N–H and O–H groups in total. The summed E-state index contributed by atoms with van der Waals surface area (Å²) in [4.78, 5) is 14.5. The highest BCUT2D eigenvalue weighted by molar-refractivity contribution is 5.74. The fourth-order valence-electron chi connectivity index (χ4n) is 3.24. The smallest absolute Gasteiger partial charge is 0.317 e. The van der Waals surface area contributed by atoms with E-state index >= 15 is 0 Å². The Kier molecular flexibility index (Phi) is 7.53. The lowest BCUT2D eigenvalue weighted by atomic mass is 9.96. The molecule has 2 rings (SSSR count). The Hall–Kier alpha value is -1.59. The Balaban J connectivity index is 1.94. The number of nitrogens with one attached hydrogen (secondary N) is 1. The van der Waals surface area contributed by atoms with Gasteiger partial charge in [-0.15, -0.1) is 0 Å². The van der Waals surface area contributed by atoms with E-state index in [-0.39, 0.29) is 24.6 Å². The van der Waals surface area contributed by atoms with Crippen molar-refractivity contribution in [3.05, 3.63) is 35.9 Å². The second-order valence-corrected chi connectivity index (χ2v) is 6.86. The van der Waals surface area contributed by atoms with Gasteiger partial charge in [-0.2, -0.15) is 0 Å².